The highest BCUT2D eigenvalue weighted by Gasteiger charge is 2.34. The van der Waals surface area contributed by atoms with Crippen LogP contribution in [0.25, 0.3) is 17.2 Å². The Hall–Kier alpha value is -4.07. The minimum absolute atomic E-state index is 0.122. The molecule has 1 saturated carbocycles. The van der Waals surface area contributed by atoms with Gasteiger partial charge in [0, 0.05) is 30.4 Å². The Bertz CT molecular complexity index is 1360. The first-order chi connectivity index (χ1) is 17.3. The van der Waals surface area contributed by atoms with Crippen LogP contribution in [0.4, 0.5) is 0 Å². The van der Waals surface area contributed by atoms with Crippen molar-refractivity contribution in [3.05, 3.63) is 83.6 Å². The van der Waals surface area contributed by atoms with Crippen LogP contribution in [0, 0.1) is 0 Å². The fourth-order valence-electron chi connectivity index (χ4n) is 4.59. The average molecular weight is 467 g/mol. The summed E-state index contributed by atoms with van der Waals surface area (Å²) < 4.78 is 7.41. The second-order valence-corrected chi connectivity index (χ2v) is 8.98. The van der Waals surface area contributed by atoms with E-state index in [4.69, 9.17) is 9.72 Å². The predicted octanol–water partition coefficient (Wildman–Crippen LogP) is 3.90. The molecule has 1 amide bonds. The van der Waals surface area contributed by atoms with Gasteiger partial charge in [0.2, 0.25) is 0 Å². The summed E-state index contributed by atoms with van der Waals surface area (Å²) in [5, 5.41) is 7.56. The van der Waals surface area contributed by atoms with Crippen LogP contribution in [0.3, 0.4) is 0 Å². The molecular weight excluding hydrogens is 440 g/mol. The number of fused-ring (bicyclic) bond motifs is 3. The van der Waals surface area contributed by atoms with E-state index in [1.807, 2.05) is 24.4 Å². The van der Waals surface area contributed by atoms with Crippen molar-refractivity contribution in [1.82, 2.24) is 30.0 Å². The van der Waals surface area contributed by atoms with E-state index in [0.29, 0.717) is 37.0 Å². The second-order valence-electron chi connectivity index (χ2n) is 8.98. The minimum atomic E-state index is -0.122. The first-order valence-corrected chi connectivity index (χ1v) is 12.1. The zero-order valence-corrected chi connectivity index (χ0v) is 19.4. The third-order valence-electron chi connectivity index (χ3n) is 6.50. The van der Waals surface area contributed by atoms with Crippen LogP contribution >= 0.6 is 0 Å². The molecule has 2 aliphatic rings. The number of nitrogens with zero attached hydrogens (tertiary/aromatic N) is 5. The van der Waals surface area contributed by atoms with Crippen LogP contribution in [0.1, 0.15) is 52.4 Å². The van der Waals surface area contributed by atoms with Crippen LogP contribution < -0.4 is 10.1 Å². The highest BCUT2D eigenvalue weighted by molar-refractivity contribution is 5.95. The largest absolute Gasteiger partial charge is 0.492 e. The number of pyridine rings is 1. The molecule has 176 valence electrons. The van der Waals surface area contributed by atoms with Crippen LogP contribution in [-0.2, 0) is 12.8 Å². The first kappa shape index (κ1) is 21.5. The molecule has 2 aliphatic carbocycles. The SMILES string of the molecule is O=C(NCCCOc1cccnc1)c1cnn(-c2ncc3c(n2)-c2ccccc2CC3)c1C1CC1. The third-order valence-corrected chi connectivity index (χ3v) is 6.50. The smallest absolute Gasteiger partial charge is 0.254 e. The summed E-state index contributed by atoms with van der Waals surface area (Å²) >= 11 is 0. The van der Waals surface area contributed by atoms with Gasteiger partial charge in [0.05, 0.1) is 36.0 Å². The number of amides is 1. The molecule has 1 fully saturated rings. The number of ether oxygens (including phenoxy) is 1. The Balaban J connectivity index is 1.19. The Morgan fingerprint density at radius 1 is 1.06 bits per heavy atom. The van der Waals surface area contributed by atoms with Crippen molar-refractivity contribution in [2.24, 2.45) is 0 Å². The van der Waals surface area contributed by atoms with Crippen molar-refractivity contribution in [3.8, 4) is 23.0 Å². The molecule has 3 heterocycles. The predicted molar refractivity (Wildman–Crippen MR) is 131 cm³/mol. The molecule has 0 saturated heterocycles. The summed E-state index contributed by atoms with van der Waals surface area (Å²) in [6.07, 6.45) is 11.6. The maximum absolute atomic E-state index is 13.0. The standard InChI is InChI=1S/C27H26N6O2/c34-26(29-13-4-14-35-21-6-3-12-28-16-21)23-17-31-33(25(23)19-9-10-19)27-30-15-20-11-8-18-5-1-2-7-22(18)24(20)32-27/h1-3,5-7,12,15-17,19H,4,8-11,13-14H2,(H,29,34). The lowest BCUT2D eigenvalue weighted by Crippen LogP contribution is -2.26. The van der Waals surface area contributed by atoms with Gasteiger partial charge in [0.15, 0.2) is 0 Å². The fraction of sp³-hybridized carbons (Fsp3) is 0.296. The molecular formula is C27H26N6O2. The number of rotatable bonds is 8. The molecule has 0 atom stereocenters. The van der Waals surface area contributed by atoms with Crippen molar-refractivity contribution in [1.29, 1.82) is 0 Å². The lowest BCUT2D eigenvalue weighted by atomic mass is 9.90. The van der Waals surface area contributed by atoms with Gasteiger partial charge in [-0.2, -0.15) is 5.10 Å². The van der Waals surface area contributed by atoms with Crippen LogP contribution in [0.15, 0.2) is 61.2 Å². The Kier molecular flexibility index (Phi) is 5.70. The fourth-order valence-corrected chi connectivity index (χ4v) is 4.59. The quantitative estimate of drug-likeness (QED) is 0.396. The van der Waals surface area contributed by atoms with E-state index in [1.54, 1.807) is 23.3 Å². The first-order valence-electron chi connectivity index (χ1n) is 12.1. The summed E-state index contributed by atoms with van der Waals surface area (Å²) in [7, 11) is 0. The molecule has 8 nitrogen and oxygen atoms in total. The van der Waals surface area contributed by atoms with Gasteiger partial charge in [-0.3, -0.25) is 9.78 Å². The molecule has 3 aromatic heterocycles. The number of nitrogens with one attached hydrogen (secondary N) is 1. The molecule has 8 heteroatoms. The van der Waals surface area contributed by atoms with Gasteiger partial charge in [-0.15, -0.1) is 0 Å². The normalized spacial score (nSPS) is 14.2. The summed E-state index contributed by atoms with van der Waals surface area (Å²) in [6.45, 7) is 1.02. The number of hydrogen-bond acceptors (Lipinski definition) is 6. The van der Waals surface area contributed by atoms with E-state index in [9.17, 15) is 4.79 Å². The maximum Gasteiger partial charge on any atom is 0.254 e. The zero-order chi connectivity index (χ0) is 23.6. The van der Waals surface area contributed by atoms with E-state index in [2.05, 4.69) is 38.6 Å². The van der Waals surface area contributed by atoms with E-state index in [1.165, 1.54) is 5.56 Å². The summed E-state index contributed by atoms with van der Waals surface area (Å²) in [4.78, 5) is 26.6. The summed E-state index contributed by atoms with van der Waals surface area (Å²) in [5.41, 5.74) is 6.08. The molecule has 0 spiro atoms. The van der Waals surface area contributed by atoms with E-state index < -0.39 is 0 Å². The molecule has 4 aromatic rings. The number of carbonyl (C=O) groups excluding carboxylic acids is 1. The summed E-state index contributed by atoms with van der Waals surface area (Å²) in [5.74, 6) is 1.43. The molecule has 0 bridgehead atoms. The van der Waals surface area contributed by atoms with Gasteiger partial charge in [0.25, 0.3) is 11.9 Å². The van der Waals surface area contributed by atoms with Crippen molar-refractivity contribution in [2.75, 3.05) is 13.2 Å². The molecule has 0 aliphatic heterocycles. The van der Waals surface area contributed by atoms with E-state index in [-0.39, 0.29) is 5.91 Å². The molecule has 6 rings (SSSR count). The average Bonchev–Trinajstić information content (AvgIpc) is 3.66. The van der Waals surface area contributed by atoms with Gasteiger partial charge in [0.1, 0.15) is 5.75 Å². The maximum atomic E-state index is 13.0. The van der Waals surface area contributed by atoms with Gasteiger partial charge >= 0.3 is 0 Å². The Labute approximate surface area is 203 Å². The molecule has 0 radical (unpaired) electrons. The third kappa shape index (κ3) is 4.39. The second kappa shape index (κ2) is 9.29. The lowest BCUT2D eigenvalue weighted by Gasteiger charge is -2.19. The number of aromatic nitrogens is 5. The minimum Gasteiger partial charge on any atom is -0.492 e. The van der Waals surface area contributed by atoms with Crippen LogP contribution in [0.5, 0.6) is 5.75 Å². The van der Waals surface area contributed by atoms with Crippen molar-refractivity contribution < 1.29 is 9.53 Å². The molecule has 0 unspecified atom stereocenters. The highest BCUT2D eigenvalue weighted by Crippen LogP contribution is 2.42. The molecule has 1 aromatic carbocycles. The number of benzene rings is 1. The number of hydrogen-bond donors (Lipinski definition) is 1. The van der Waals surface area contributed by atoms with Gasteiger partial charge in [-0.05, 0) is 55.4 Å². The summed E-state index contributed by atoms with van der Waals surface area (Å²) in [6, 6.07) is 12.1. The lowest BCUT2D eigenvalue weighted by molar-refractivity contribution is 0.0950. The van der Waals surface area contributed by atoms with Crippen LogP contribution in [0.2, 0.25) is 0 Å². The number of carbonyl (C=O) groups is 1. The Morgan fingerprint density at radius 2 is 1.94 bits per heavy atom. The van der Waals surface area contributed by atoms with Crippen molar-refractivity contribution in [3.63, 3.8) is 0 Å². The zero-order valence-electron chi connectivity index (χ0n) is 19.4. The van der Waals surface area contributed by atoms with Crippen molar-refractivity contribution in [2.45, 2.75) is 38.0 Å². The highest BCUT2D eigenvalue weighted by atomic mass is 16.5. The van der Waals surface area contributed by atoms with Gasteiger partial charge < -0.3 is 10.1 Å². The van der Waals surface area contributed by atoms with Crippen molar-refractivity contribution >= 4 is 5.91 Å². The van der Waals surface area contributed by atoms with Crippen LogP contribution in [-0.4, -0.2) is 43.8 Å². The monoisotopic (exact) mass is 466 g/mol. The van der Waals surface area contributed by atoms with Gasteiger partial charge in [-0.25, -0.2) is 14.6 Å². The van der Waals surface area contributed by atoms with Gasteiger partial charge in [-0.1, -0.05) is 24.3 Å². The molecule has 1 N–H and O–H groups in total. The molecule has 35 heavy (non-hydrogen) atoms. The van der Waals surface area contributed by atoms with E-state index in [0.717, 1.165) is 53.9 Å². The Morgan fingerprint density at radius 3 is 2.80 bits per heavy atom. The topological polar surface area (TPSA) is 94.8 Å². The number of aryl methyl sites for hydroxylation is 2. The van der Waals surface area contributed by atoms with E-state index >= 15 is 0 Å².